The number of thioether (sulfide) groups is 1. The van der Waals surface area contributed by atoms with Gasteiger partial charge in [0.25, 0.3) is 5.91 Å². The summed E-state index contributed by atoms with van der Waals surface area (Å²) in [6.45, 7) is 0. The Balaban J connectivity index is 1.65. The number of thiocarbonyl (C=S) groups is 1. The molecule has 3 nitrogen and oxygen atoms in total. The maximum atomic E-state index is 13.4. The molecule has 0 atom stereocenters. The summed E-state index contributed by atoms with van der Waals surface area (Å²) in [6, 6.07) is 12.0. The van der Waals surface area contributed by atoms with Crippen LogP contribution >= 0.6 is 35.6 Å². The number of rotatable bonds is 3. The van der Waals surface area contributed by atoms with Crippen molar-refractivity contribution in [2.24, 2.45) is 0 Å². The first-order chi connectivity index (χ1) is 14.6. The van der Waals surface area contributed by atoms with Crippen LogP contribution in [0.1, 0.15) is 11.3 Å². The van der Waals surface area contributed by atoms with Gasteiger partial charge in [-0.1, -0.05) is 47.7 Å². The third-order valence-electron chi connectivity index (χ3n) is 4.35. The molecule has 0 saturated carbocycles. The van der Waals surface area contributed by atoms with E-state index in [0.717, 1.165) is 22.7 Å². The molecule has 0 N–H and O–H groups in total. The van der Waals surface area contributed by atoms with Gasteiger partial charge in [-0.15, -0.1) is 0 Å². The molecule has 1 saturated heterocycles. The average molecular weight is 484 g/mol. The van der Waals surface area contributed by atoms with Crippen molar-refractivity contribution in [3.63, 3.8) is 0 Å². The molecule has 0 radical (unpaired) electrons. The smallest absolute Gasteiger partial charge is 0.418 e. The minimum Gasteiger partial charge on any atom is -0.457 e. The summed E-state index contributed by atoms with van der Waals surface area (Å²) in [5, 5.41) is -0.0698. The Hall–Kier alpha value is -2.62. The molecule has 10 heteroatoms. The summed E-state index contributed by atoms with van der Waals surface area (Å²) in [5.41, 5.74) is -0.763. The van der Waals surface area contributed by atoms with Gasteiger partial charge in [-0.05, 0) is 42.5 Å². The summed E-state index contributed by atoms with van der Waals surface area (Å²) >= 11 is 11.8. The fourth-order valence-corrected chi connectivity index (χ4v) is 4.39. The van der Waals surface area contributed by atoms with E-state index in [1.807, 2.05) is 0 Å². The van der Waals surface area contributed by atoms with Crippen molar-refractivity contribution < 1.29 is 26.8 Å². The Morgan fingerprint density at radius 3 is 2.55 bits per heavy atom. The molecule has 31 heavy (non-hydrogen) atoms. The van der Waals surface area contributed by atoms with Gasteiger partial charge in [0, 0.05) is 11.6 Å². The SMILES string of the molecule is O=C1C(=Cc2ccc(-c3ccc(F)c(Cl)c3)o2)SC(=S)N1c1ccccc1C(F)(F)F. The molecule has 4 rings (SSSR count). The van der Waals surface area contributed by atoms with Crippen molar-refractivity contribution in [2.45, 2.75) is 6.18 Å². The summed E-state index contributed by atoms with van der Waals surface area (Å²) in [7, 11) is 0. The largest absolute Gasteiger partial charge is 0.457 e. The average Bonchev–Trinajstić information content (AvgIpc) is 3.28. The first kappa shape index (κ1) is 21.6. The highest BCUT2D eigenvalue weighted by Crippen LogP contribution is 2.42. The van der Waals surface area contributed by atoms with Crippen LogP contribution in [0.4, 0.5) is 23.2 Å². The van der Waals surface area contributed by atoms with Gasteiger partial charge in [0.2, 0.25) is 0 Å². The standard InChI is InChI=1S/C21H10ClF4NO2S2/c22-14-9-11(5-7-15(14)23)17-8-6-12(29-17)10-18-19(28)27(20(30)31-18)16-4-2-1-3-13(16)21(24,25)26/h1-10H. The van der Waals surface area contributed by atoms with Gasteiger partial charge in [-0.2, -0.15) is 13.2 Å². The van der Waals surface area contributed by atoms with E-state index < -0.39 is 23.5 Å². The second kappa shape index (κ2) is 8.14. The van der Waals surface area contributed by atoms with Crippen molar-refractivity contribution in [1.82, 2.24) is 0 Å². The van der Waals surface area contributed by atoms with Crippen molar-refractivity contribution in [3.05, 3.63) is 81.7 Å². The van der Waals surface area contributed by atoms with E-state index in [1.165, 1.54) is 42.5 Å². The lowest BCUT2D eigenvalue weighted by Gasteiger charge is -2.19. The molecule has 0 bridgehead atoms. The minimum atomic E-state index is -4.64. The van der Waals surface area contributed by atoms with Crippen molar-refractivity contribution in [3.8, 4) is 11.3 Å². The van der Waals surface area contributed by atoms with Crippen LogP contribution in [0.25, 0.3) is 17.4 Å². The summed E-state index contributed by atoms with van der Waals surface area (Å²) < 4.78 is 59.1. The number of carbonyl (C=O) groups is 1. The maximum absolute atomic E-state index is 13.4. The molecule has 3 aromatic rings. The second-order valence-electron chi connectivity index (χ2n) is 6.36. The second-order valence-corrected chi connectivity index (χ2v) is 8.45. The quantitative estimate of drug-likeness (QED) is 0.225. The predicted octanol–water partition coefficient (Wildman–Crippen LogP) is 7.16. The Morgan fingerprint density at radius 1 is 1.10 bits per heavy atom. The molecule has 0 aliphatic carbocycles. The summed E-state index contributed by atoms with van der Waals surface area (Å²) in [4.78, 5) is 13.8. The van der Waals surface area contributed by atoms with Gasteiger partial charge in [0.05, 0.1) is 21.2 Å². The number of benzene rings is 2. The van der Waals surface area contributed by atoms with Gasteiger partial charge >= 0.3 is 6.18 Å². The van der Waals surface area contributed by atoms with Gasteiger partial charge < -0.3 is 4.42 Å². The molecular formula is C21H10ClF4NO2S2. The molecular weight excluding hydrogens is 474 g/mol. The van der Waals surface area contributed by atoms with Crippen LogP contribution in [-0.4, -0.2) is 10.2 Å². The van der Waals surface area contributed by atoms with Gasteiger partial charge in [-0.3, -0.25) is 9.69 Å². The highest BCUT2D eigenvalue weighted by atomic mass is 35.5. The van der Waals surface area contributed by atoms with E-state index in [-0.39, 0.29) is 25.7 Å². The van der Waals surface area contributed by atoms with Crippen molar-refractivity contribution >= 4 is 57.6 Å². The Kier molecular flexibility index (Phi) is 5.67. The fourth-order valence-electron chi connectivity index (χ4n) is 2.95. The lowest BCUT2D eigenvalue weighted by Crippen LogP contribution is -2.29. The molecule has 1 aliphatic rings. The number of carbonyl (C=O) groups excluding carboxylic acids is 1. The zero-order chi connectivity index (χ0) is 22.3. The number of anilines is 1. The molecule has 1 aliphatic heterocycles. The first-order valence-electron chi connectivity index (χ1n) is 8.64. The highest BCUT2D eigenvalue weighted by molar-refractivity contribution is 8.27. The number of furan rings is 1. The van der Waals surface area contributed by atoms with Crippen LogP contribution in [0.5, 0.6) is 0 Å². The highest BCUT2D eigenvalue weighted by Gasteiger charge is 2.40. The Labute approximate surface area is 188 Å². The molecule has 2 heterocycles. The van der Waals surface area contributed by atoms with E-state index in [4.69, 9.17) is 28.2 Å². The molecule has 1 aromatic heterocycles. The van der Waals surface area contributed by atoms with Crippen LogP contribution in [0.15, 0.2) is 63.9 Å². The predicted molar refractivity (Wildman–Crippen MR) is 116 cm³/mol. The number of nitrogens with zero attached hydrogens (tertiary/aromatic N) is 1. The molecule has 158 valence electrons. The third-order valence-corrected chi connectivity index (χ3v) is 5.94. The van der Waals surface area contributed by atoms with E-state index in [2.05, 4.69) is 0 Å². The molecule has 0 spiro atoms. The Morgan fingerprint density at radius 2 is 1.84 bits per heavy atom. The number of amides is 1. The van der Waals surface area contributed by atoms with Crippen LogP contribution in [0, 0.1) is 5.82 Å². The van der Waals surface area contributed by atoms with E-state index in [1.54, 1.807) is 12.1 Å². The van der Waals surface area contributed by atoms with E-state index >= 15 is 0 Å². The first-order valence-corrected chi connectivity index (χ1v) is 10.2. The third kappa shape index (κ3) is 4.26. The lowest BCUT2D eigenvalue weighted by molar-refractivity contribution is -0.137. The van der Waals surface area contributed by atoms with Crippen molar-refractivity contribution in [2.75, 3.05) is 4.90 Å². The number of para-hydroxylation sites is 1. The zero-order valence-corrected chi connectivity index (χ0v) is 17.6. The van der Waals surface area contributed by atoms with Crippen LogP contribution in [-0.2, 0) is 11.0 Å². The molecule has 0 unspecified atom stereocenters. The number of hydrogen-bond acceptors (Lipinski definition) is 4. The van der Waals surface area contributed by atoms with Crippen LogP contribution < -0.4 is 4.90 Å². The topological polar surface area (TPSA) is 33.5 Å². The number of hydrogen-bond donors (Lipinski definition) is 0. The van der Waals surface area contributed by atoms with Gasteiger partial charge in [0.1, 0.15) is 17.3 Å². The lowest BCUT2D eigenvalue weighted by atomic mass is 10.1. The summed E-state index contributed by atoms with van der Waals surface area (Å²) in [5.74, 6) is -0.597. The number of halogens is 5. The minimum absolute atomic E-state index is 0.0231. The van der Waals surface area contributed by atoms with Gasteiger partial charge in [0.15, 0.2) is 4.32 Å². The number of alkyl halides is 3. The van der Waals surface area contributed by atoms with Crippen molar-refractivity contribution in [1.29, 1.82) is 0 Å². The molecule has 1 amide bonds. The van der Waals surface area contributed by atoms with E-state index in [9.17, 15) is 22.4 Å². The van der Waals surface area contributed by atoms with Gasteiger partial charge in [-0.25, -0.2) is 4.39 Å². The van der Waals surface area contributed by atoms with Crippen LogP contribution in [0.2, 0.25) is 5.02 Å². The summed E-state index contributed by atoms with van der Waals surface area (Å²) in [6.07, 6.45) is -3.25. The fraction of sp³-hybridized carbons (Fsp3) is 0.0476. The monoisotopic (exact) mass is 483 g/mol. The molecule has 1 fully saturated rings. The normalized spacial score (nSPS) is 15.9. The Bertz CT molecular complexity index is 1240. The zero-order valence-electron chi connectivity index (χ0n) is 15.2. The maximum Gasteiger partial charge on any atom is 0.418 e. The van der Waals surface area contributed by atoms with Crippen LogP contribution in [0.3, 0.4) is 0 Å². The van der Waals surface area contributed by atoms with E-state index in [0.29, 0.717) is 11.3 Å². The molecule has 2 aromatic carbocycles.